The Bertz CT molecular complexity index is 265. The Kier molecular flexibility index (Phi) is 3.12. The van der Waals surface area contributed by atoms with Crippen LogP contribution in [0.3, 0.4) is 0 Å². The minimum absolute atomic E-state index is 0.260. The van der Waals surface area contributed by atoms with E-state index < -0.39 is 7.67 Å². The second kappa shape index (κ2) is 3.56. The predicted octanol–water partition coefficient (Wildman–Crippen LogP) is 2.30. The van der Waals surface area contributed by atoms with Crippen LogP contribution in [0.15, 0.2) is 0 Å². The fourth-order valence-corrected chi connectivity index (χ4v) is 4.56. The van der Waals surface area contributed by atoms with Crippen molar-refractivity contribution in [1.82, 2.24) is 9.34 Å². The third-order valence-corrected chi connectivity index (χ3v) is 5.56. The molecule has 1 N–H and O–H groups in total. The molecule has 15 heavy (non-hydrogen) atoms. The van der Waals surface area contributed by atoms with E-state index in [4.69, 9.17) is 0 Å². The first-order valence-corrected chi connectivity index (χ1v) is 6.93. The summed E-state index contributed by atoms with van der Waals surface area (Å²) in [7, 11) is -3.34. The second-order valence-corrected chi connectivity index (χ2v) is 8.09. The predicted molar refractivity (Wildman–Crippen MR) is 62.7 cm³/mol. The van der Waals surface area contributed by atoms with Gasteiger partial charge in [0.05, 0.1) is 0 Å². The molecule has 0 aromatic carbocycles. The topological polar surface area (TPSA) is 43.8 Å². The Labute approximate surface area is 92.8 Å². The van der Waals surface area contributed by atoms with Gasteiger partial charge in [-0.2, -0.15) is 0 Å². The Morgan fingerprint density at radius 3 is 1.33 bits per heavy atom. The SMILES string of the molecule is CC(C)(C)N1CCN(C(C)(C)C)P1(=O)O. The summed E-state index contributed by atoms with van der Waals surface area (Å²) in [6.07, 6.45) is 0. The first-order chi connectivity index (χ1) is 6.47. The molecule has 4 nitrogen and oxygen atoms in total. The zero-order valence-electron chi connectivity index (χ0n) is 10.6. The molecule has 5 heteroatoms. The van der Waals surface area contributed by atoms with Crippen molar-refractivity contribution >= 4 is 7.67 Å². The van der Waals surface area contributed by atoms with E-state index in [1.54, 1.807) is 9.34 Å². The highest BCUT2D eigenvalue weighted by Crippen LogP contribution is 2.59. The summed E-state index contributed by atoms with van der Waals surface area (Å²) in [5, 5.41) is 0. The molecule has 1 heterocycles. The largest absolute Gasteiger partial charge is 0.344 e. The van der Waals surface area contributed by atoms with Gasteiger partial charge < -0.3 is 4.89 Å². The van der Waals surface area contributed by atoms with Crippen LogP contribution >= 0.6 is 7.67 Å². The smallest absolute Gasteiger partial charge is 0.322 e. The maximum absolute atomic E-state index is 12.4. The van der Waals surface area contributed by atoms with E-state index in [0.717, 1.165) is 0 Å². The maximum Gasteiger partial charge on any atom is 0.344 e. The van der Waals surface area contributed by atoms with Gasteiger partial charge in [0, 0.05) is 24.2 Å². The van der Waals surface area contributed by atoms with Crippen molar-refractivity contribution in [3.63, 3.8) is 0 Å². The molecule has 1 aliphatic rings. The van der Waals surface area contributed by atoms with Crippen molar-refractivity contribution in [2.24, 2.45) is 0 Å². The van der Waals surface area contributed by atoms with Gasteiger partial charge >= 0.3 is 7.67 Å². The van der Waals surface area contributed by atoms with Crippen LogP contribution in [0, 0.1) is 0 Å². The molecule has 0 aromatic heterocycles. The summed E-state index contributed by atoms with van der Waals surface area (Å²) in [6.45, 7) is 13.2. The molecule has 0 saturated carbocycles. The second-order valence-electron chi connectivity index (χ2n) is 6.10. The van der Waals surface area contributed by atoms with Gasteiger partial charge in [-0.25, -0.2) is 9.34 Å². The van der Waals surface area contributed by atoms with Crippen LogP contribution in [0.4, 0.5) is 0 Å². The molecule has 1 rings (SSSR count). The molecule has 0 amide bonds. The minimum Gasteiger partial charge on any atom is -0.322 e. The van der Waals surface area contributed by atoms with Crippen LogP contribution in [0.25, 0.3) is 0 Å². The average molecular weight is 234 g/mol. The number of hydrogen-bond donors (Lipinski definition) is 1. The van der Waals surface area contributed by atoms with Gasteiger partial charge in [-0.1, -0.05) is 0 Å². The van der Waals surface area contributed by atoms with Gasteiger partial charge in [-0.15, -0.1) is 0 Å². The standard InChI is InChI=1S/C10H23N2O2P/c1-9(2,3)11-7-8-12(10(4,5)6)15(11,13)14/h7-8H2,1-6H3,(H,13,14). The number of rotatable bonds is 0. The molecule has 0 radical (unpaired) electrons. The van der Waals surface area contributed by atoms with Crippen molar-refractivity contribution in [1.29, 1.82) is 0 Å². The van der Waals surface area contributed by atoms with Gasteiger partial charge in [-0.3, -0.25) is 4.57 Å². The molecule has 0 aromatic rings. The van der Waals surface area contributed by atoms with E-state index in [9.17, 15) is 9.46 Å². The highest BCUT2D eigenvalue weighted by atomic mass is 31.2. The fraction of sp³-hybridized carbons (Fsp3) is 1.00. The quantitative estimate of drug-likeness (QED) is 0.653. The highest BCUT2D eigenvalue weighted by Gasteiger charge is 2.50. The zero-order valence-corrected chi connectivity index (χ0v) is 11.5. The van der Waals surface area contributed by atoms with E-state index in [2.05, 4.69) is 0 Å². The first kappa shape index (κ1) is 13.2. The van der Waals surface area contributed by atoms with E-state index >= 15 is 0 Å². The van der Waals surface area contributed by atoms with Gasteiger partial charge in [-0.05, 0) is 41.5 Å². The fourth-order valence-electron chi connectivity index (χ4n) is 2.03. The monoisotopic (exact) mass is 234 g/mol. The maximum atomic E-state index is 12.4. The van der Waals surface area contributed by atoms with Crippen LogP contribution in [0.5, 0.6) is 0 Å². The molecular weight excluding hydrogens is 211 g/mol. The molecular formula is C10H23N2O2P. The molecule has 0 aliphatic carbocycles. The lowest BCUT2D eigenvalue weighted by Crippen LogP contribution is -2.40. The Morgan fingerprint density at radius 1 is 0.933 bits per heavy atom. The summed E-state index contributed by atoms with van der Waals surface area (Å²) >= 11 is 0. The molecule has 1 saturated heterocycles. The Morgan fingerprint density at radius 2 is 1.20 bits per heavy atom. The van der Waals surface area contributed by atoms with Gasteiger partial charge in [0.1, 0.15) is 0 Å². The van der Waals surface area contributed by atoms with Gasteiger partial charge in [0.25, 0.3) is 0 Å². The van der Waals surface area contributed by atoms with Gasteiger partial charge in [0.15, 0.2) is 0 Å². The van der Waals surface area contributed by atoms with Crippen LogP contribution in [0.1, 0.15) is 41.5 Å². The zero-order chi connectivity index (χ0) is 12.1. The molecule has 0 unspecified atom stereocenters. The lowest BCUT2D eigenvalue weighted by Gasteiger charge is -2.39. The third-order valence-electron chi connectivity index (χ3n) is 2.70. The summed E-state index contributed by atoms with van der Waals surface area (Å²) < 4.78 is 15.8. The van der Waals surface area contributed by atoms with Crippen LogP contribution in [-0.2, 0) is 4.57 Å². The third kappa shape index (κ3) is 2.44. The van der Waals surface area contributed by atoms with E-state index in [1.807, 2.05) is 41.5 Å². The van der Waals surface area contributed by atoms with Crippen LogP contribution < -0.4 is 0 Å². The molecule has 0 atom stereocenters. The molecule has 0 bridgehead atoms. The minimum atomic E-state index is -3.34. The van der Waals surface area contributed by atoms with E-state index in [0.29, 0.717) is 13.1 Å². The van der Waals surface area contributed by atoms with Crippen LogP contribution in [0.2, 0.25) is 0 Å². The van der Waals surface area contributed by atoms with E-state index in [1.165, 1.54) is 0 Å². The highest BCUT2D eigenvalue weighted by molar-refractivity contribution is 7.53. The Balaban J connectivity index is 3.01. The molecule has 1 fully saturated rings. The lowest BCUT2D eigenvalue weighted by molar-refractivity contribution is 0.222. The normalized spacial score (nSPS) is 24.7. The lowest BCUT2D eigenvalue weighted by atomic mass is 10.1. The average Bonchev–Trinajstić information content (AvgIpc) is 2.21. The van der Waals surface area contributed by atoms with Crippen molar-refractivity contribution in [2.45, 2.75) is 52.6 Å². The summed E-state index contributed by atoms with van der Waals surface area (Å²) in [5.74, 6) is 0. The molecule has 90 valence electrons. The summed E-state index contributed by atoms with van der Waals surface area (Å²) in [4.78, 5) is 10.2. The van der Waals surface area contributed by atoms with E-state index in [-0.39, 0.29) is 11.1 Å². The molecule has 0 spiro atoms. The van der Waals surface area contributed by atoms with Crippen molar-refractivity contribution in [2.75, 3.05) is 13.1 Å². The number of hydrogen-bond acceptors (Lipinski definition) is 1. The van der Waals surface area contributed by atoms with Crippen molar-refractivity contribution in [3.8, 4) is 0 Å². The first-order valence-electron chi connectivity index (χ1n) is 5.36. The van der Waals surface area contributed by atoms with Gasteiger partial charge in [0.2, 0.25) is 0 Å². The van der Waals surface area contributed by atoms with Crippen molar-refractivity contribution in [3.05, 3.63) is 0 Å². The van der Waals surface area contributed by atoms with Crippen molar-refractivity contribution < 1.29 is 9.46 Å². The summed E-state index contributed by atoms with van der Waals surface area (Å²) in [6, 6.07) is 0. The van der Waals surface area contributed by atoms with Crippen LogP contribution in [-0.4, -0.2) is 38.4 Å². The Hall–Kier alpha value is 0.110. The summed E-state index contributed by atoms with van der Waals surface area (Å²) in [5.41, 5.74) is -0.519. The number of nitrogens with zero attached hydrogens (tertiary/aromatic N) is 2. The molecule has 1 aliphatic heterocycles.